The fourth-order valence-corrected chi connectivity index (χ4v) is 2.10. The van der Waals surface area contributed by atoms with Gasteiger partial charge in [-0.15, -0.1) is 0 Å². The number of hydrogen-bond donors (Lipinski definition) is 1. The Morgan fingerprint density at radius 3 is 2.60 bits per heavy atom. The Morgan fingerprint density at radius 2 is 2.07 bits per heavy atom. The van der Waals surface area contributed by atoms with Crippen molar-refractivity contribution in [2.24, 2.45) is 0 Å². The van der Waals surface area contributed by atoms with Gasteiger partial charge >= 0.3 is 5.97 Å². The van der Waals surface area contributed by atoms with Gasteiger partial charge in [-0.25, -0.2) is 4.79 Å². The van der Waals surface area contributed by atoms with Crippen LogP contribution >= 0.6 is 31.9 Å². The maximum atomic E-state index is 10.8. The minimum Gasteiger partial charge on any atom is -0.478 e. The molecular formula is C11H10Br2O2. The molecule has 0 aliphatic rings. The third kappa shape index (κ3) is 3.18. The Hall–Kier alpha value is -0.610. The second kappa shape index (κ2) is 5.47. The van der Waals surface area contributed by atoms with E-state index in [1.165, 1.54) is 0 Å². The molecule has 1 N–H and O–H groups in total. The predicted octanol–water partition coefficient (Wildman–Crippen LogP) is 4.33. The van der Waals surface area contributed by atoms with Gasteiger partial charge in [-0.2, -0.15) is 0 Å². The van der Waals surface area contributed by atoms with Gasteiger partial charge in [-0.3, -0.25) is 0 Å². The minimum absolute atomic E-state index is 0.260. The van der Waals surface area contributed by atoms with Crippen molar-refractivity contribution in [1.29, 1.82) is 0 Å². The molecule has 0 fully saturated rings. The van der Waals surface area contributed by atoms with E-state index in [9.17, 15) is 4.79 Å². The van der Waals surface area contributed by atoms with E-state index in [1.807, 2.05) is 19.1 Å². The first-order chi connectivity index (χ1) is 7.06. The molecule has 0 amide bonds. The Balaban J connectivity index is 3.19. The molecule has 0 spiro atoms. The molecule has 4 heteroatoms. The van der Waals surface area contributed by atoms with Crippen molar-refractivity contribution < 1.29 is 9.90 Å². The van der Waals surface area contributed by atoms with Crippen molar-refractivity contribution in [3.05, 3.63) is 38.3 Å². The van der Waals surface area contributed by atoms with E-state index in [0.717, 1.165) is 16.5 Å². The van der Waals surface area contributed by atoms with E-state index in [1.54, 1.807) is 12.1 Å². The fourth-order valence-electron chi connectivity index (χ4n) is 1.10. The molecule has 1 rings (SSSR count). The molecule has 15 heavy (non-hydrogen) atoms. The maximum Gasteiger partial charge on any atom is 0.336 e. The lowest BCUT2D eigenvalue weighted by Crippen LogP contribution is -1.98. The van der Waals surface area contributed by atoms with Crippen LogP contribution in [-0.2, 0) is 0 Å². The van der Waals surface area contributed by atoms with Gasteiger partial charge < -0.3 is 5.11 Å². The van der Waals surface area contributed by atoms with Crippen molar-refractivity contribution in [3.8, 4) is 0 Å². The number of carbonyl (C=O) groups is 1. The van der Waals surface area contributed by atoms with Crippen LogP contribution < -0.4 is 0 Å². The van der Waals surface area contributed by atoms with Crippen LogP contribution in [-0.4, -0.2) is 11.1 Å². The highest BCUT2D eigenvalue weighted by Gasteiger charge is 2.10. The Morgan fingerprint density at radius 1 is 1.40 bits per heavy atom. The molecule has 0 aliphatic heterocycles. The SMILES string of the molecule is CCC=Cc1cc(Br)c(C(=O)O)cc1Br. The van der Waals surface area contributed by atoms with Gasteiger partial charge in [0.25, 0.3) is 0 Å². The molecule has 0 aromatic heterocycles. The van der Waals surface area contributed by atoms with Crippen LogP contribution in [0.1, 0.15) is 29.3 Å². The van der Waals surface area contributed by atoms with Crippen LogP contribution in [0.5, 0.6) is 0 Å². The molecule has 80 valence electrons. The molecule has 0 saturated heterocycles. The van der Waals surface area contributed by atoms with Crippen molar-refractivity contribution in [3.63, 3.8) is 0 Å². The number of carboxylic acid groups (broad SMARTS) is 1. The third-order valence-electron chi connectivity index (χ3n) is 1.85. The molecule has 0 saturated carbocycles. The highest BCUT2D eigenvalue weighted by atomic mass is 79.9. The molecular weight excluding hydrogens is 324 g/mol. The summed E-state index contributed by atoms with van der Waals surface area (Å²) < 4.78 is 1.38. The summed E-state index contributed by atoms with van der Waals surface area (Å²) in [7, 11) is 0. The van der Waals surface area contributed by atoms with Gasteiger partial charge in [-0.1, -0.05) is 35.0 Å². The van der Waals surface area contributed by atoms with E-state index in [4.69, 9.17) is 5.11 Å². The van der Waals surface area contributed by atoms with Gasteiger partial charge in [0.15, 0.2) is 0 Å². The Bertz CT molecular complexity index is 411. The van der Waals surface area contributed by atoms with Crippen LogP contribution in [0.2, 0.25) is 0 Å². The average molecular weight is 334 g/mol. The lowest BCUT2D eigenvalue weighted by atomic mass is 10.1. The first-order valence-electron chi connectivity index (χ1n) is 4.45. The quantitative estimate of drug-likeness (QED) is 0.893. The number of halogens is 2. The van der Waals surface area contributed by atoms with E-state index < -0.39 is 5.97 Å². The van der Waals surface area contributed by atoms with E-state index in [0.29, 0.717) is 4.47 Å². The summed E-state index contributed by atoms with van der Waals surface area (Å²) in [5, 5.41) is 8.89. The summed E-state index contributed by atoms with van der Waals surface area (Å²) in [5.41, 5.74) is 1.23. The van der Waals surface area contributed by atoms with Crippen molar-refractivity contribution in [1.82, 2.24) is 0 Å². The second-order valence-electron chi connectivity index (χ2n) is 2.97. The van der Waals surface area contributed by atoms with Gasteiger partial charge in [0.1, 0.15) is 0 Å². The number of allylic oxidation sites excluding steroid dienone is 1. The Labute approximate surface area is 105 Å². The summed E-state index contributed by atoms with van der Waals surface area (Å²) in [6.45, 7) is 2.05. The topological polar surface area (TPSA) is 37.3 Å². The lowest BCUT2D eigenvalue weighted by Gasteiger charge is -2.03. The number of rotatable bonds is 3. The zero-order valence-electron chi connectivity index (χ0n) is 8.13. The first kappa shape index (κ1) is 12.5. The lowest BCUT2D eigenvalue weighted by molar-refractivity contribution is 0.0696. The highest BCUT2D eigenvalue weighted by molar-refractivity contribution is 9.11. The Kier molecular flexibility index (Phi) is 4.54. The summed E-state index contributed by atoms with van der Waals surface area (Å²) in [4.78, 5) is 10.8. The van der Waals surface area contributed by atoms with Gasteiger partial charge in [0, 0.05) is 8.95 Å². The summed E-state index contributed by atoms with van der Waals surface area (Å²) >= 11 is 6.58. The van der Waals surface area contributed by atoms with Crippen LogP contribution in [0.25, 0.3) is 6.08 Å². The number of benzene rings is 1. The molecule has 0 atom stereocenters. The molecule has 2 nitrogen and oxygen atoms in total. The van der Waals surface area contributed by atoms with Crippen LogP contribution in [0.15, 0.2) is 27.2 Å². The second-order valence-corrected chi connectivity index (χ2v) is 4.68. The van der Waals surface area contributed by atoms with Crippen molar-refractivity contribution in [2.75, 3.05) is 0 Å². The summed E-state index contributed by atoms with van der Waals surface area (Å²) in [6, 6.07) is 3.39. The summed E-state index contributed by atoms with van der Waals surface area (Å²) in [5.74, 6) is -0.936. The number of hydrogen-bond acceptors (Lipinski definition) is 1. The van der Waals surface area contributed by atoms with Crippen LogP contribution in [0, 0.1) is 0 Å². The third-order valence-corrected chi connectivity index (χ3v) is 3.19. The molecule has 1 aromatic rings. The van der Waals surface area contributed by atoms with E-state index in [-0.39, 0.29) is 5.56 Å². The molecule has 0 aliphatic carbocycles. The average Bonchev–Trinajstić information content (AvgIpc) is 2.18. The predicted molar refractivity (Wildman–Crippen MR) is 68.1 cm³/mol. The fraction of sp³-hybridized carbons (Fsp3) is 0.182. The molecule has 0 unspecified atom stereocenters. The minimum atomic E-state index is -0.936. The zero-order chi connectivity index (χ0) is 11.4. The summed E-state index contributed by atoms with van der Waals surface area (Å²) in [6.07, 6.45) is 4.93. The van der Waals surface area contributed by atoms with Crippen molar-refractivity contribution in [2.45, 2.75) is 13.3 Å². The monoisotopic (exact) mass is 332 g/mol. The van der Waals surface area contributed by atoms with Gasteiger partial charge in [-0.05, 0) is 40.0 Å². The molecule has 0 heterocycles. The molecule has 0 radical (unpaired) electrons. The van der Waals surface area contributed by atoms with E-state index >= 15 is 0 Å². The largest absolute Gasteiger partial charge is 0.478 e. The molecule has 0 bridgehead atoms. The van der Waals surface area contributed by atoms with Gasteiger partial charge in [0.2, 0.25) is 0 Å². The maximum absolute atomic E-state index is 10.8. The highest BCUT2D eigenvalue weighted by Crippen LogP contribution is 2.27. The van der Waals surface area contributed by atoms with E-state index in [2.05, 4.69) is 31.9 Å². The van der Waals surface area contributed by atoms with Crippen molar-refractivity contribution >= 4 is 43.9 Å². The number of aromatic carboxylic acids is 1. The van der Waals surface area contributed by atoms with Crippen LogP contribution in [0.4, 0.5) is 0 Å². The first-order valence-corrected chi connectivity index (χ1v) is 6.03. The smallest absolute Gasteiger partial charge is 0.336 e. The van der Waals surface area contributed by atoms with Crippen LogP contribution in [0.3, 0.4) is 0 Å². The number of carboxylic acids is 1. The normalized spacial score (nSPS) is 10.9. The molecule has 1 aromatic carbocycles. The van der Waals surface area contributed by atoms with Gasteiger partial charge in [0.05, 0.1) is 5.56 Å². The standard InChI is InChI=1S/C11H10Br2O2/c1-2-3-4-7-5-10(13)8(11(14)15)6-9(7)12/h3-6H,2H2,1H3,(H,14,15). The zero-order valence-corrected chi connectivity index (χ0v) is 11.3.